The molecule has 21 heavy (non-hydrogen) atoms. The lowest BCUT2D eigenvalue weighted by molar-refractivity contribution is 0.614. The van der Waals surface area contributed by atoms with E-state index in [0.717, 1.165) is 5.69 Å². The van der Waals surface area contributed by atoms with Crippen molar-refractivity contribution in [2.45, 2.75) is 19.2 Å². The van der Waals surface area contributed by atoms with Gasteiger partial charge in [-0.05, 0) is 32.0 Å². The van der Waals surface area contributed by atoms with E-state index in [9.17, 15) is 4.39 Å². The zero-order valence-corrected chi connectivity index (χ0v) is 13.2. The second-order valence-corrected chi connectivity index (χ2v) is 5.99. The summed E-state index contributed by atoms with van der Waals surface area (Å²) in [5, 5.41) is 4.39. The second-order valence-electron chi connectivity index (χ2n) is 4.90. The summed E-state index contributed by atoms with van der Waals surface area (Å²) in [5.74, 6) is 0.167. The first-order valence-corrected chi connectivity index (χ1v) is 7.23. The van der Waals surface area contributed by atoms with Crippen molar-refractivity contribution in [2.24, 2.45) is 7.05 Å². The van der Waals surface area contributed by atoms with Crippen LogP contribution >= 0.6 is 23.2 Å². The Morgan fingerprint density at radius 2 is 2.05 bits per heavy atom. The van der Waals surface area contributed by atoms with E-state index in [-0.39, 0.29) is 5.38 Å². The van der Waals surface area contributed by atoms with Crippen molar-refractivity contribution in [3.63, 3.8) is 0 Å². The highest BCUT2D eigenvalue weighted by Gasteiger charge is 2.23. The summed E-state index contributed by atoms with van der Waals surface area (Å²) in [6.07, 6.45) is 0. The topological polar surface area (TPSA) is 35.6 Å². The largest absolute Gasteiger partial charge is 0.277 e. The average Bonchev–Trinajstić information content (AvgIpc) is 2.92. The van der Waals surface area contributed by atoms with E-state index in [2.05, 4.69) is 10.1 Å². The number of aromatic nitrogens is 4. The van der Waals surface area contributed by atoms with E-state index in [1.807, 2.05) is 6.92 Å². The van der Waals surface area contributed by atoms with Crippen molar-refractivity contribution in [3.8, 4) is 5.69 Å². The van der Waals surface area contributed by atoms with Gasteiger partial charge in [0, 0.05) is 12.1 Å². The van der Waals surface area contributed by atoms with Gasteiger partial charge in [-0.2, -0.15) is 5.10 Å². The molecule has 1 aromatic carbocycles. The third-order valence-corrected chi connectivity index (χ3v) is 3.76. The third kappa shape index (κ3) is 2.21. The quantitative estimate of drug-likeness (QED) is 0.663. The highest BCUT2D eigenvalue weighted by atomic mass is 35.5. The normalized spacial score (nSPS) is 13.0. The van der Waals surface area contributed by atoms with Gasteiger partial charge in [-0.25, -0.2) is 14.1 Å². The minimum Gasteiger partial charge on any atom is -0.277 e. The zero-order valence-electron chi connectivity index (χ0n) is 11.7. The van der Waals surface area contributed by atoms with Crippen LogP contribution in [-0.4, -0.2) is 19.3 Å². The molecule has 0 N–H and O–H groups in total. The van der Waals surface area contributed by atoms with E-state index in [4.69, 9.17) is 23.2 Å². The lowest BCUT2D eigenvalue weighted by Gasteiger charge is -2.12. The van der Waals surface area contributed by atoms with Crippen LogP contribution in [0.25, 0.3) is 16.9 Å². The molecule has 3 rings (SSSR count). The Balaban J connectivity index is 2.44. The van der Waals surface area contributed by atoms with Crippen molar-refractivity contribution in [1.82, 2.24) is 19.3 Å². The van der Waals surface area contributed by atoms with Crippen LogP contribution in [0.4, 0.5) is 4.39 Å². The summed E-state index contributed by atoms with van der Waals surface area (Å²) in [7, 11) is 1.79. The first-order chi connectivity index (χ1) is 9.90. The van der Waals surface area contributed by atoms with Gasteiger partial charge in [0.2, 0.25) is 0 Å². The van der Waals surface area contributed by atoms with Crippen molar-refractivity contribution in [3.05, 3.63) is 40.6 Å². The van der Waals surface area contributed by atoms with Gasteiger partial charge in [0.1, 0.15) is 17.2 Å². The maximum atomic E-state index is 14.3. The van der Waals surface area contributed by atoms with Crippen molar-refractivity contribution < 1.29 is 4.39 Å². The Hall–Kier alpha value is -1.59. The number of nitrogens with zero attached hydrogens (tertiary/aromatic N) is 4. The van der Waals surface area contributed by atoms with E-state index >= 15 is 0 Å². The fourth-order valence-corrected chi connectivity index (χ4v) is 2.76. The molecule has 0 amide bonds. The number of benzene rings is 1. The Labute approximate surface area is 131 Å². The fourth-order valence-electron chi connectivity index (χ4n) is 2.45. The first kappa shape index (κ1) is 14.4. The number of aryl methyl sites for hydroxylation is 2. The first-order valence-electron chi connectivity index (χ1n) is 6.41. The molecular formula is C14H13Cl2FN4. The van der Waals surface area contributed by atoms with Crippen LogP contribution in [0.5, 0.6) is 0 Å². The number of rotatable bonds is 2. The van der Waals surface area contributed by atoms with Gasteiger partial charge < -0.3 is 0 Å². The molecule has 0 radical (unpaired) electrons. The van der Waals surface area contributed by atoms with Crippen molar-refractivity contribution in [1.29, 1.82) is 0 Å². The Morgan fingerprint density at radius 3 is 2.71 bits per heavy atom. The predicted molar refractivity (Wildman–Crippen MR) is 81.8 cm³/mol. The molecule has 0 saturated heterocycles. The lowest BCUT2D eigenvalue weighted by Crippen LogP contribution is -2.07. The molecule has 2 aromatic heterocycles. The number of imidazole rings is 1. The van der Waals surface area contributed by atoms with Crippen molar-refractivity contribution in [2.75, 3.05) is 0 Å². The van der Waals surface area contributed by atoms with Gasteiger partial charge in [-0.3, -0.25) is 4.57 Å². The second kappa shape index (κ2) is 5.00. The standard InChI is InChI=1S/C14H13Cl2FN4/c1-7(15)13-18-12-8(2)19-20(3)14(12)21(13)11-6-9(16)4-5-10(11)17/h4-7H,1-3H3. The van der Waals surface area contributed by atoms with Crippen LogP contribution < -0.4 is 0 Å². The van der Waals surface area contributed by atoms with Gasteiger partial charge in [0.15, 0.2) is 5.65 Å². The van der Waals surface area contributed by atoms with Crippen LogP contribution in [0.2, 0.25) is 5.02 Å². The average molecular weight is 327 g/mol. The molecule has 0 spiro atoms. The summed E-state index contributed by atoms with van der Waals surface area (Å²) < 4.78 is 17.6. The maximum Gasteiger partial charge on any atom is 0.163 e. The SMILES string of the molecule is Cc1nn(C)c2c1nc(C(C)Cl)n2-c1cc(Cl)ccc1F. The molecule has 0 fully saturated rings. The van der Waals surface area contributed by atoms with Crippen LogP contribution in [0.3, 0.4) is 0 Å². The highest BCUT2D eigenvalue weighted by molar-refractivity contribution is 6.30. The van der Waals surface area contributed by atoms with Crippen LogP contribution in [0, 0.1) is 12.7 Å². The molecular weight excluding hydrogens is 314 g/mol. The summed E-state index contributed by atoms with van der Waals surface area (Å²) in [5.41, 5.74) is 2.48. The van der Waals surface area contributed by atoms with E-state index < -0.39 is 5.82 Å². The molecule has 0 bridgehead atoms. The van der Waals surface area contributed by atoms with Crippen LogP contribution in [0.15, 0.2) is 18.2 Å². The van der Waals surface area contributed by atoms with Gasteiger partial charge in [-0.1, -0.05) is 11.6 Å². The number of halogens is 3. The molecule has 3 aromatic rings. The highest BCUT2D eigenvalue weighted by Crippen LogP contribution is 2.31. The van der Waals surface area contributed by atoms with Gasteiger partial charge in [-0.15, -0.1) is 11.6 Å². The summed E-state index contributed by atoms with van der Waals surface area (Å²) in [6.45, 7) is 3.65. The number of alkyl halides is 1. The fraction of sp³-hybridized carbons (Fsp3) is 0.286. The molecule has 1 atom stereocenters. The molecule has 0 saturated carbocycles. The molecule has 110 valence electrons. The predicted octanol–water partition coefficient (Wildman–Crippen LogP) is 4.16. The van der Waals surface area contributed by atoms with E-state index in [0.29, 0.717) is 27.7 Å². The molecule has 1 unspecified atom stereocenters. The minimum atomic E-state index is -0.392. The van der Waals surface area contributed by atoms with Crippen molar-refractivity contribution >= 4 is 34.4 Å². The molecule has 0 aliphatic carbocycles. The van der Waals surface area contributed by atoms with Crippen LogP contribution in [0.1, 0.15) is 23.8 Å². The number of hydrogen-bond donors (Lipinski definition) is 0. The molecule has 4 nitrogen and oxygen atoms in total. The Bertz CT molecular complexity index is 835. The monoisotopic (exact) mass is 326 g/mol. The molecule has 2 heterocycles. The van der Waals surface area contributed by atoms with Crippen LogP contribution in [-0.2, 0) is 7.05 Å². The summed E-state index contributed by atoms with van der Waals surface area (Å²) in [4.78, 5) is 4.52. The minimum absolute atomic E-state index is 0.315. The summed E-state index contributed by atoms with van der Waals surface area (Å²) in [6, 6.07) is 4.39. The Morgan fingerprint density at radius 1 is 1.33 bits per heavy atom. The number of fused-ring (bicyclic) bond motifs is 1. The third-order valence-electron chi connectivity index (χ3n) is 3.33. The zero-order chi connectivity index (χ0) is 15.3. The molecule has 0 aliphatic rings. The maximum absolute atomic E-state index is 14.3. The molecule has 0 aliphatic heterocycles. The van der Waals surface area contributed by atoms with E-state index in [1.54, 1.807) is 29.3 Å². The van der Waals surface area contributed by atoms with Gasteiger partial charge in [0.05, 0.1) is 16.8 Å². The smallest absolute Gasteiger partial charge is 0.163 e. The van der Waals surface area contributed by atoms with E-state index in [1.165, 1.54) is 12.1 Å². The van der Waals surface area contributed by atoms with Gasteiger partial charge >= 0.3 is 0 Å². The van der Waals surface area contributed by atoms with Gasteiger partial charge in [0.25, 0.3) is 0 Å². The Kier molecular flexibility index (Phi) is 3.42. The number of hydrogen-bond acceptors (Lipinski definition) is 2. The lowest BCUT2D eigenvalue weighted by atomic mass is 10.3. The summed E-state index contributed by atoms with van der Waals surface area (Å²) >= 11 is 12.2. The molecule has 7 heteroatoms.